The molecule has 9 heteroatoms. The second-order valence-electron chi connectivity index (χ2n) is 6.63. The van der Waals surface area contributed by atoms with Gasteiger partial charge in [0.15, 0.2) is 0 Å². The van der Waals surface area contributed by atoms with Gasteiger partial charge in [0.2, 0.25) is 5.91 Å². The summed E-state index contributed by atoms with van der Waals surface area (Å²) >= 11 is 12.1. The van der Waals surface area contributed by atoms with Gasteiger partial charge in [-0.3, -0.25) is 14.2 Å². The lowest BCUT2D eigenvalue weighted by Crippen LogP contribution is -2.25. The summed E-state index contributed by atoms with van der Waals surface area (Å²) in [5, 5.41) is 12.4. The van der Waals surface area contributed by atoms with Crippen molar-refractivity contribution >= 4 is 34.8 Å². The van der Waals surface area contributed by atoms with Crippen LogP contribution in [0.2, 0.25) is 10.0 Å². The molecule has 0 bridgehead atoms. The highest BCUT2D eigenvalue weighted by molar-refractivity contribution is 6.31. The van der Waals surface area contributed by atoms with Gasteiger partial charge in [-0.15, -0.1) is 0 Å². The molecule has 2 aromatic heterocycles. The second kappa shape index (κ2) is 7.93. The highest BCUT2D eigenvalue weighted by Crippen LogP contribution is 2.25. The van der Waals surface area contributed by atoms with Crippen molar-refractivity contribution in [2.75, 3.05) is 5.32 Å². The number of hydrogen-bond donors (Lipinski definition) is 1. The number of carbonyl (C=O) groups is 1. The molecule has 1 unspecified atom stereocenters. The van der Waals surface area contributed by atoms with Crippen molar-refractivity contribution in [1.82, 2.24) is 19.6 Å². The molecule has 0 saturated heterocycles. The van der Waals surface area contributed by atoms with Gasteiger partial charge in [0.25, 0.3) is 0 Å². The standard InChI is InChI=1S/C19H20Cl2FN5O/c1-10-18(24-19(28)13(4)27-11(2)17(21)8-23-27)12(3)26(25-10)9-14-5-6-15(22)7-16(14)20/h5-8,13H,9H2,1-4H3,(H,24,28). The molecule has 0 fully saturated rings. The molecule has 1 atom stereocenters. The molecule has 1 aromatic carbocycles. The van der Waals surface area contributed by atoms with E-state index in [1.54, 1.807) is 29.3 Å². The summed E-state index contributed by atoms with van der Waals surface area (Å²) in [4.78, 5) is 12.7. The van der Waals surface area contributed by atoms with Crippen LogP contribution in [-0.2, 0) is 11.3 Å². The van der Waals surface area contributed by atoms with Gasteiger partial charge in [-0.2, -0.15) is 10.2 Å². The first-order chi connectivity index (χ1) is 13.2. The van der Waals surface area contributed by atoms with Crippen molar-refractivity contribution < 1.29 is 9.18 Å². The van der Waals surface area contributed by atoms with E-state index < -0.39 is 11.9 Å². The SMILES string of the molecule is Cc1nn(Cc2ccc(F)cc2Cl)c(C)c1NC(=O)C(C)n1ncc(Cl)c1C. The number of halogens is 3. The summed E-state index contributed by atoms with van der Waals surface area (Å²) in [7, 11) is 0. The predicted molar refractivity (Wildman–Crippen MR) is 108 cm³/mol. The number of aromatic nitrogens is 4. The molecule has 0 aliphatic heterocycles. The van der Waals surface area contributed by atoms with Crippen LogP contribution >= 0.6 is 23.2 Å². The Hall–Kier alpha value is -2.38. The normalized spacial score (nSPS) is 12.2. The maximum atomic E-state index is 13.3. The Morgan fingerprint density at radius 2 is 1.93 bits per heavy atom. The highest BCUT2D eigenvalue weighted by Gasteiger charge is 2.22. The van der Waals surface area contributed by atoms with Gasteiger partial charge < -0.3 is 5.32 Å². The minimum absolute atomic E-state index is 0.228. The number of hydrogen-bond acceptors (Lipinski definition) is 3. The Kier molecular flexibility index (Phi) is 5.76. The largest absolute Gasteiger partial charge is 0.321 e. The summed E-state index contributed by atoms with van der Waals surface area (Å²) in [6.07, 6.45) is 1.52. The Bertz CT molecular complexity index is 1040. The molecule has 28 heavy (non-hydrogen) atoms. The average molecular weight is 424 g/mol. The van der Waals surface area contributed by atoms with E-state index in [0.717, 1.165) is 17.0 Å². The van der Waals surface area contributed by atoms with Crippen molar-refractivity contribution in [2.45, 2.75) is 40.3 Å². The number of benzene rings is 1. The zero-order chi connectivity index (χ0) is 20.6. The van der Waals surface area contributed by atoms with Crippen LogP contribution in [0.25, 0.3) is 0 Å². The lowest BCUT2D eigenvalue weighted by molar-refractivity contribution is -0.119. The van der Waals surface area contributed by atoms with Crippen molar-refractivity contribution in [3.63, 3.8) is 0 Å². The molecule has 3 aromatic rings. The molecule has 0 saturated carbocycles. The Balaban J connectivity index is 1.81. The zero-order valence-electron chi connectivity index (χ0n) is 15.9. The summed E-state index contributed by atoms with van der Waals surface area (Å²) in [6.45, 7) is 7.59. The predicted octanol–water partition coefficient (Wildman–Crippen LogP) is 4.70. The Morgan fingerprint density at radius 1 is 1.21 bits per heavy atom. The molecule has 3 rings (SSSR count). The average Bonchev–Trinajstić information content (AvgIpc) is 3.10. The minimum Gasteiger partial charge on any atom is -0.321 e. The van der Waals surface area contributed by atoms with Gasteiger partial charge in [0.1, 0.15) is 11.9 Å². The Labute approximate surface area is 172 Å². The second-order valence-corrected chi connectivity index (χ2v) is 7.44. The summed E-state index contributed by atoms with van der Waals surface area (Å²) in [5.41, 5.74) is 3.53. The molecule has 0 aliphatic carbocycles. The van der Waals surface area contributed by atoms with Crippen molar-refractivity contribution in [2.24, 2.45) is 0 Å². The van der Waals surface area contributed by atoms with Crippen LogP contribution in [-0.4, -0.2) is 25.5 Å². The van der Waals surface area contributed by atoms with E-state index in [-0.39, 0.29) is 5.91 Å². The summed E-state index contributed by atoms with van der Waals surface area (Å²) in [5.74, 6) is -0.619. The van der Waals surface area contributed by atoms with E-state index >= 15 is 0 Å². The van der Waals surface area contributed by atoms with Crippen LogP contribution in [0.3, 0.4) is 0 Å². The molecule has 1 N–H and O–H groups in total. The smallest absolute Gasteiger partial charge is 0.249 e. The first-order valence-corrected chi connectivity index (χ1v) is 9.43. The molecule has 0 aliphatic rings. The lowest BCUT2D eigenvalue weighted by Gasteiger charge is -2.15. The van der Waals surface area contributed by atoms with Crippen molar-refractivity contribution in [1.29, 1.82) is 0 Å². The molecular formula is C19H20Cl2FN5O. The fraction of sp³-hybridized carbons (Fsp3) is 0.316. The fourth-order valence-electron chi connectivity index (χ4n) is 2.97. The number of amides is 1. The molecule has 2 heterocycles. The maximum absolute atomic E-state index is 13.3. The summed E-state index contributed by atoms with van der Waals surface area (Å²) < 4.78 is 16.6. The third-order valence-electron chi connectivity index (χ3n) is 4.70. The highest BCUT2D eigenvalue weighted by atomic mass is 35.5. The molecule has 1 amide bonds. The van der Waals surface area contributed by atoms with E-state index in [9.17, 15) is 9.18 Å². The first-order valence-electron chi connectivity index (χ1n) is 8.67. The topological polar surface area (TPSA) is 64.7 Å². The van der Waals surface area contributed by atoms with Gasteiger partial charge in [-0.05, 0) is 45.4 Å². The van der Waals surface area contributed by atoms with E-state index in [0.29, 0.717) is 28.0 Å². The van der Waals surface area contributed by atoms with Crippen LogP contribution in [0, 0.1) is 26.6 Å². The zero-order valence-corrected chi connectivity index (χ0v) is 17.4. The van der Waals surface area contributed by atoms with E-state index in [1.807, 2.05) is 13.8 Å². The molecule has 6 nitrogen and oxygen atoms in total. The van der Waals surface area contributed by atoms with Crippen LogP contribution in [0.4, 0.5) is 10.1 Å². The number of nitrogens with one attached hydrogen (secondary N) is 1. The van der Waals surface area contributed by atoms with Crippen molar-refractivity contribution in [3.05, 3.63) is 62.9 Å². The van der Waals surface area contributed by atoms with Crippen LogP contribution in [0.5, 0.6) is 0 Å². The molecule has 148 valence electrons. The Morgan fingerprint density at radius 3 is 2.54 bits per heavy atom. The van der Waals surface area contributed by atoms with Gasteiger partial charge >= 0.3 is 0 Å². The first kappa shape index (κ1) is 20.4. The quantitative estimate of drug-likeness (QED) is 0.646. The van der Waals surface area contributed by atoms with Gasteiger partial charge in [0.05, 0.1) is 40.5 Å². The minimum atomic E-state index is -0.541. The fourth-order valence-corrected chi connectivity index (χ4v) is 3.33. The molecular weight excluding hydrogens is 404 g/mol. The number of anilines is 1. The van der Waals surface area contributed by atoms with Gasteiger partial charge in [-0.25, -0.2) is 4.39 Å². The van der Waals surface area contributed by atoms with Crippen LogP contribution in [0.1, 0.15) is 35.6 Å². The monoisotopic (exact) mass is 423 g/mol. The van der Waals surface area contributed by atoms with E-state index in [4.69, 9.17) is 23.2 Å². The van der Waals surface area contributed by atoms with Crippen LogP contribution in [0.15, 0.2) is 24.4 Å². The number of aryl methyl sites for hydroxylation is 1. The number of nitrogens with zero attached hydrogens (tertiary/aromatic N) is 4. The van der Waals surface area contributed by atoms with E-state index in [1.165, 1.54) is 18.3 Å². The van der Waals surface area contributed by atoms with Crippen LogP contribution < -0.4 is 5.32 Å². The summed E-state index contributed by atoms with van der Waals surface area (Å²) in [6, 6.07) is 3.71. The number of carbonyl (C=O) groups excluding carboxylic acids is 1. The van der Waals surface area contributed by atoms with E-state index in [2.05, 4.69) is 15.5 Å². The third kappa shape index (κ3) is 3.91. The third-order valence-corrected chi connectivity index (χ3v) is 5.42. The van der Waals surface area contributed by atoms with Crippen molar-refractivity contribution in [3.8, 4) is 0 Å². The number of rotatable bonds is 5. The van der Waals surface area contributed by atoms with Gasteiger partial charge in [0, 0.05) is 5.02 Å². The van der Waals surface area contributed by atoms with Gasteiger partial charge in [-0.1, -0.05) is 29.3 Å². The maximum Gasteiger partial charge on any atom is 0.249 e. The molecule has 0 radical (unpaired) electrons. The molecule has 0 spiro atoms. The lowest BCUT2D eigenvalue weighted by atomic mass is 10.2.